The van der Waals surface area contributed by atoms with Crippen molar-refractivity contribution in [2.24, 2.45) is 0 Å². The molecule has 0 amide bonds. The fourth-order valence-electron chi connectivity index (χ4n) is 2.35. The number of nitrogens with one attached hydrogen (secondary N) is 1. The lowest BCUT2D eigenvalue weighted by molar-refractivity contribution is -0.0212. The standard InChI is InChI=1S/C14H22N2O/c1-12-10-16(7-8-17-12)11-14-6-4-3-5-13(14)9-15-2/h3-6,12,15H,7-11H2,1-2H3. The summed E-state index contributed by atoms with van der Waals surface area (Å²) in [5.41, 5.74) is 2.82. The molecule has 94 valence electrons. The number of morpholine rings is 1. The smallest absolute Gasteiger partial charge is 0.0674 e. The van der Waals surface area contributed by atoms with Gasteiger partial charge < -0.3 is 10.1 Å². The van der Waals surface area contributed by atoms with Crippen molar-refractivity contribution in [1.82, 2.24) is 10.2 Å². The van der Waals surface area contributed by atoms with Crippen molar-refractivity contribution in [3.63, 3.8) is 0 Å². The van der Waals surface area contributed by atoms with Crippen LogP contribution in [0.2, 0.25) is 0 Å². The Kier molecular flexibility index (Phi) is 4.54. The van der Waals surface area contributed by atoms with Gasteiger partial charge in [0.25, 0.3) is 0 Å². The van der Waals surface area contributed by atoms with E-state index in [2.05, 4.69) is 41.4 Å². The fourth-order valence-corrected chi connectivity index (χ4v) is 2.35. The van der Waals surface area contributed by atoms with E-state index in [9.17, 15) is 0 Å². The van der Waals surface area contributed by atoms with Crippen molar-refractivity contribution < 1.29 is 4.74 Å². The highest BCUT2D eigenvalue weighted by atomic mass is 16.5. The predicted octanol–water partition coefficient (Wildman–Crippen LogP) is 1.63. The van der Waals surface area contributed by atoms with Crippen LogP contribution in [0.3, 0.4) is 0 Å². The molecule has 1 saturated heterocycles. The highest BCUT2D eigenvalue weighted by Crippen LogP contribution is 2.14. The van der Waals surface area contributed by atoms with Crippen LogP contribution in [0.25, 0.3) is 0 Å². The summed E-state index contributed by atoms with van der Waals surface area (Å²) >= 11 is 0. The molecule has 0 aromatic heterocycles. The Morgan fingerprint density at radius 3 is 2.82 bits per heavy atom. The fraction of sp³-hybridized carbons (Fsp3) is 0.571. The van der Waals surface area contributed by atoms with E-state index < -0.39 is 0 Å². The zero-order valence-electron chi connectivity index (χ0n) is 10.8. The molecule has 17 heavy (non-hydrogen) atoms. The summed E-state index contributed by atoms with van der Waals surface area (Å²) in [7, 11) is 1.99. The molecule has 1 aromatic carbocycles. The van der Waals surface area contributed by atoms with Crippen LogP contribution in [-0.2, 0) is 17.8 Å². The maximum atomic E-state index is 5.57. The van der Waals surface area contributed by atoms with Crippen molar-refractivity contribution in [2.45, 2.75) is 26.1 Å². The maximum absolute atomic E-state index is 5.57. The average molecular weight is 234 g/mol. The summed E-state index contributed by atoms with van der Waals surface area (Å²) in [6, 6.07) is 8.67. The lowest BCUT2D eigenvalue weighted by Gasteiger charge is -2.31. The predicted molar refractivity (Wildman–Crippen MR) is 69.9 cm³/mol. The van der Waals surface area contributed by atoms with Crippen molar-refractivity contribution in [2.75, 3.05) is 26.7 Å². The van der Waals surface area contributed by atoms with Crippen molar-refractivity contribution in [3.05, 3.63) is 35.4 Å². The minimum absolute atomic E-state index is 0.361. The molecule has 1 fully saturated rings. The normalized spacial score (nSPS) is 21.6. The Labute approximate surface area is 104 Å². The van der Waals surface area contributed by atoms with Crippen LogP contribution < -0.4 is 5.32 Å². The Balaban J connectivity index is 2.01. The molecule has 1 unspecified atom stereocenters. The number of hydrogen-bond acceptors (Lipinski definition) is 3. The molecule has 1 atom stereocenters. The van der Waals surface area contributed by atoms with E-state index in [1.165, 1.54) is 11.1 Å². The molecule has 0 radical (unpaired) electrons. The summed E-state index contributed by atoms with van der Waals surface area (Å²) in [6.07, 6.45) is 0.361. The molecule has 1 aliphatic rings. The molecular weight excluding hydrogens is 212 g/mol. The van der Waals surface area contributed by atoms with Crippen LogP contribution in [0.4, 0.5) is 0 Å². The van der Waals surface area contributed by atoms with Gasteiger partial charge in [0.15, 0.2) is 0 Å². The molecule has 0 aliphatic carbocycles. The number of benzene rings is 1. The minimum Gasteiger partial charge on any atom is -0.376 e. The van der Waals surface area contributed by atoms with Crippen molar-refractivity contribution in [1.29, 1.82) is 0 Å². The van der Waals surface area contributed by atoms with Gasteiger partial charge in [0, 0.05) is 26.2 Å². The molecular formula is C14H22N2O. The highest BCUT2D eigenvalue weighted by molar-refractivity contribution is 5.27. The van der Waals surface area contributed by atoms with Gasteiger partial charge in [-0.3, -0.25) is 4.90 Å². The largest absolute Gasteiger partial charge is 0.376 e. The van der Waals surface area contributed by atoms with Crippen LogP contribution in [0, 0.1) is 0 Å². The van der Waals surface area contributed by atoms with Crippen LogP contribution in [-0.4, -0.2) is 37.7 Å². The van der Waals surface area contributed by atoms with E-state index in [0.717, 1.165) is 32.8 Å². The van der Waals surface area contributed by atoms with Crippen molar-refractivity contribution >= 4 is 0 Å². The van der Waals surface area contributed by atoms with Crippen molar-refractivity contribution in [3.8, 4) is 0 Å². The summed E-state index contributed by atoms with van der Waals surface area (Å²) in [4.78, 5) is 2.47. The second kappa shape index (κ2) is 6.15. The monoisotopic (exact) mass is 234 g/mol. The Morgan fingerprint density at radius 2 is 2.12 bits per heavy atom. The van der Waals surface area contributed by atoms with Gasteiger partial charge in [0.05, 0.1) is 12.7 Å². The van der Waals surface area contributed by atoms with Gasteiger partial charge in [-0.1, -0.05) is 24.3 Å². The third kappa shape index (κ3) is 3.53. The maximum Gasteiger partial charge on any atom is 0.0674 e. The molecule has 2 rings (SSSR count). The quantitative estimate of drug-likeness (QED) is 0.857. The molecule has 0 saturated carbocycles. The van der Waals surface area contributed by atoms with Gasteiger partial charge in [-0.15, -0.1) is 0 Å². The van der Waals surface area contributed by atoms with E-state index in [1.54, 1.807) is 0 Å². The lowest BCUT2D eigenvalue weighted by Crippen LogP contribution is -2.40. The van der Waals surface area contributed by atoms with Crippen LogP contribution in [0.15, 0.2) is 24.3 Å². The van der Waals surface area contributed by atoms with Crippen LogP contribution in [0.5, 0.6) is 0 Å². The Bertz CT molecular complexity index is 354. The summed E-state index contributed by atoms with van der Waals surface area (Å²) < 4.78 is 5.57. The van der Waals surface area contributed by atoms with Crippen LogP contribution in [0.1, 0.15) is 18.1 Å². The first-order valence-electron chi connectivity index (χ1n) is 6.35. The molecule has 1 N–H and O–H groups in total. The molecule has 1 aliphatic heterocycles. The first kappa shape index (κ1) is 12.6. The number of ether oxygens (including phenoxy) is 1. The number of rotatable bonds is 4. The first-order valence-corrected chi connectivity index (χ1v) is 6.35. The van der Waals surface area contributed by atoms with Crippen LogP contribution >= 0.6 is 0 Å². The Morgan fingerprint density at radius 1 is 1.35 bits per heavy atom. The molecule has 3 nitrogen and oxygen atoms in total. The summed E-state index contributed by atoms with van der Waals surface area (Å²) in [5, 5.41) is 3.23. The van der Waals surface area contributed by atoms with Gasteiger partial charge in [-0.05, 0) is 25.1 Å². The van der Waals surface area contributed by atoms with E-state index in [4.69, 9.17) is 4.74 Å². The SMILES string of the molecule is CNCc1ccccc1CN1CCOC(C)C1. The van der Waals surface area contributed by atoms with Gasteiger partial charge in [-0.2, -0.15) is 0 Å². The Hall–Kier alpha value is -0.900. The number of hydrogen-bond donors (Lipinski definition) is 1. The van der Waals surface area contributed by atoms with E-state index in [-0.39, 0.29) is 0 Å². The summed E-state index contributed by atoms with van der Waals surface area (Å²) in [6.45, 7) is 7.05. The number of nitrogens with zero attached hydrogens (tertiary/aromatic N) is 1. The lowest BCUT2D eigenvalue weighted by atomic mass is 10.1. The topological polar surface area (TPSA) is 24.5 Å². The van der Waals surface area contributed by atoms with E-state index >= 15 is 0 Å². The average Bonchev–Trinajstić information content (AvgIpc) is 2.32. The molecule has 0 spiro atoms. The third-order valence-corrected chi connectivity index (χ3v) is 3.20. The second-order valence-corrected chi connectivity index (χ2v) is 4.72. The minimum atomic E-state index is 0.361. The second-order valence-electron chi connectivity index (χ2n) is 4.72. The summed E-state index contributed by atoms with van der Waals surface area (Å²) in [5.74, 6) is 0. The first-order chi connectivity index (χ1) is 8.29. The molecule has 1 aromatic rings. The van der Waals surface area contributed by atoms with E-state index in [1.807, 2.05) is 7.05 Å². The highest BCUT2D eigenvalue weighted by Gasteiger charge is 2.17. The van der Waals surface area contributed by atoms with E-state index in [0.29, 0.717) is 6.10 Å². The van der Waals surface area contributed by atoms with Gasteiger partial charge in [-0.25, -0.2) is 0 Å². The van der Waals surface area contributed by atoms with Gasteiger partial charge in [0.2, 0.25) is 0 Å². The molecule has 1 heterocycles. The molecule has 0 bridgehead atoms. The third-order valence-electron chi connectivity index (χ3n) is 3.20. The van der Waals surface area contributed by atoms with Gasteiger partial charge in [0.1, 0.15) is 0 Å². The zero-order chi connectivity index (χ0) is 12.1. The van der Waals surface area contributed by atoms with Gasteiger partial charge >= 0.3 is 0 Å². The molecule has 3 heteroatoms. The zero-order valence-corrected chi connectivity index (χ0v) is 10.8.